The second-order valence-electron chi connectivity index (χ2n) is 7.28. The molecule has 1 heterocycles. The van der Waals surface area contributed by atoms with Crippen molar-refractivity contribution in [3.05, 3.63) is 48.2 Å². The molecular formula is C23H33IN4O3. The largest absolute Gasteiger partial charge is 0.497 e. The molecule has 1 aromatic carbocycles. The summed E-state index contributed by atoms with van der Waals surface area (Å²) in [6, 6.07) is 11.2. The van der Waals surface area contributed by atoms with Crippen molar-refractivity contribution in [1.82, 2.24) is 15.6 Å². The third kappa shape index (κ3) is 9.73. The minimum atomic E-state index is 0. The molecule has 7 nitrogen and oxygen atoms in total. The van der Waals surface area contributed by atoms with Crippen LogP contribution in [0, 0.1) is 5.92 Å². The van der Waals surface area contributed by atoms with Crippen LogP contribution >= 0.6 is 24.0 Å². The highest BCUT2D eigenvalue weighted by Gasteiger charge is 2.20. The predicted octanol–water partition coefficient (Wildman–Crippen LogP) is 4.37. The molecule has 0 atom stereocenters. The molecule has 1 aliphatic rings. The average Bonchev–Trinajstić information content (AvgIpc) is 3.60. The first-order valence-corrected chi connectivity index (χ1v) is 10.6. The molecule has 2 N–H and O–H groups in total. The third-order valence-electron chi connectivity index (χ3n) is 4.65. The smallest absolute Gasteiger partial charge is 0.219 e. The molecule has 0 aliphatic heterocycles. The highest BCUT2D eigenvalue weighted by atomic mass is 127. The Labute approximate surface area is 202 Å². The van der Waals surface area contributed by atoms with Crippen molar-refractivity contribution < 1.29 is 14.2 Å². The molecule has 0 radical (unpaired) electrons. The van der Waals surface area contributed by atoms with Crippen LogP contribution < -0.4 is 20.1 Å². The zero-order valence-corrected chi connectivity index (χ0v) is 20.6. The zero-order valence-electron chi connectivity index (χ0n) is 18.3. The molecule has 0 saturated heterocycles. The highest BCUT2D eigenvalue weighted by molar-refractivity contribution is 14.0. The Morgan fingerprint density at radius 1 is 1.10 bits per heavy atom. The summed E-state index contributed by atoms with van der Waals surface area (Å²) >= 11 is 0. The Bertz CT molecular complexity index is 780. The van der Waals surface area contributed by atoms with Gasteiger partial charge in [-0.15, -0.1) is 24.0 Å². The van der Waals surface area contributed by atoms with Crippen molar-refractivity contribution in [2.75, 3.05) is 33.4 Å². The summed E-state index contributed by atoms with van der Waals surface area (Å²) in [7, 11) is 1.64. The van der Waals surface area contributed by atoms with Crippen molar-refractivity contribution in [3.63, 3.8) is 0 Å². The van der Waals surface area contributed by atoms with E-state index in [0.717, 1.165) is 55.9 Å². The van der Waals surface area contributed by atoms with Gasteiger partial charge < -0.3 is 24.8 Å². The Balaban J connectivity index is 0.00000341. The van der Waals surface area contributed by atoms with Crippen LogP contribution in [0.15, 0.2) is 47.6 Å². The van der Waals surface area contributed by atoms with E-state index in [1.165, 1.54) is 12.8 Å². The number of aromatic nitrogens is 1. The minimum Gasteiger partial charge on any atom is -0.497 e. The maximum atomic E-state index is 5.76. The monoisotopic (exact) mass is 540 g/mol. The molecule has 8 heteroatoms. The fraction of sp³-hybridized carbons (Fsp3) is 0.478. The van der Waals surface area contributed by atoms with E-state index in [1.807, 2.05) is 36.4 Å². The number of aliphatic imine (C=N–C) groups is 1. The first-order chi connectivity index (χ1) is 14.8. The number of halogens is 1. The van der Waals surface area contributed by atoms with Gasteiger partial charge in [0.2, 0.25) is 5.88 Å². The van der Waals surface area contributed by atoms with Crippen molar-refractivity contribution in [2.24, 2.45) is 10.9 Å². The van der Waals surface area contributed by atoms with Gasteiger partial charge in [0.1, 0.15) is 11.5 Å². The molecule has 1 fully saturated rings. The quantitative estimate of drug-likeness (QED) is 0.180. The number of benzene rings is 1. The second kappa shape index (κ2) is 14.1. The number of ether oxygens (including phenoxy) is 3. The van der Waals surface area contributed by atoms with Crippen LogP contribution in [0.5, 0.6) is 17.4 Å². The van der Waals surface area contributed by atoms with Crippen LogP contribution in [0.3, 0.4) is 0 Å². The van der Waals surface area contributed by atoms with Crippen LogP contribution in [-0.2, 0) is 11.3 Å². The Hall–Kier alpha value is -2.07. The highest BCUT2D eigenvalue weighted by Crippen LogP contribution is 2.28. The molecule has 1 saturated carbocycles. The number of nitrogens with one attached hydrogen (secondary N) is 2. The second-order valence-corrected chi connectivity index (χ2v) is 7.28. The van der Waals surface area contributed by atoms with Gasteiger partial charge in [0.25, 0.3) is 0 Å². The molecule has 1 aromatic heterocycles. The van der Waals surface area contributed by atoms with Gasteiger partial charge in [-0.1, -0.05) is 6.07 Å². The molecule has 1 aliphatic carbocycles. The van der Waals surface area contributed by atoms with Gasteiger partial charge in [0.05, 0.1) is 13.7 Å². The number of hydrogen-bond acceptors (Lipinski definition) is 5. The van der Waals surface area contributed by atoms with Crippen molar-refractivity contribution in [2.45, 2.75) is 32.7 Å². The first-order valence-electron chi connectivity index (χ1n) is 10.6. The summed E-state index contributed by atoms with van der Waals surface area (Å²) in [6.07, 6.45) is 5.42. The van der Waals surface area contributed by atoms with Crippen molar-refractivity contribution >= 4 is 29.9 Å². The average molecular weight is 540 g/mol. The number of guanidine groups is 1. The van der Waals surface area contributed by atoms with E-state index in [4.69, 9.17) is 14.2 Å². The van der Waals surface area contributed by atoms with Crippen LogP contribution in [0.4, 0.5) is 0 Å². The van der Waals surface area contributed by atoms with Gasteiger partial charge in [0, 0.05) is 38.6 Å². The Morgan fingerprint density at radius 3 is 2.52 bits per heavy atom. The lowest BCUT2D eigenvalue weighted by atomic mass is 10.3. The SMILES string of the molecule is CCNC(=NCc1ccc(Oc2ccc(OC)cc2)nc1)NCCCOCC1CC1.I. The molecular weight excluding hydrogens is 507 g/mol. The van der Waals surface area contributed by atoms with E-state index in [2.05, 4.69) is 27.5 Å². The number of nitrogens with zero attached hydrogens (tertiary/aromatic N) is 2. The normalized spacial score (nSPS) is 13.3. The molecule has 31 heavy (non-hydrogen) atoms. The van der Waals surface area contributed by atoms with Crippen LogP contribution in [-0.4, -0.2) is 44.4 Å². The van der Waals surface area contributed by atoms with Crippen LogP contribution in [0.2, 0.25) is 0 Å². The molecule has 170 valence electrons. The third-order valence-corrected chi connectivity index (χ3v) is 4.65. The van der Waals surface area contributed by atoms with E-state index in [0.29, 0.717) is 18.2 Å². The van der Waals surface area contributed by atoms with E-state index >= 15 is 0 Å². The zero-order chi connectivity index (χ0) is 21.0. The molecule has 2 aromatic rings. The molecule has 0 bridgehead atoms. The first kappa shape index (κ1) is 25.2. The fourth-order valence-electron chi connectivity index (χ4n) is 2.76. The van der Waals surface area contributed by atoms with E-state index in [-0.39, 0.29) is 24.0 Å². The fourth-order valence-corrected chi connectivity index (χ4v) is 2.76. The van der Waals surface area contributed by atoms with Gasteiger partial charge >= 0.3 is 0 Å². The minimum absolute atomic E-state index is 0. The van der Waals surface area contributed by atoms with Gasteiger partial charge in [-0.2, -0.15) is 0 Å². The standard InChI is InChI=1S/C23H32N4O3.HI/c1-3-24-23(25-13-4-14-29-17-18-5-6-18)27-16-19-7-12-22(26-15-19)30-21-10-8-20(28-2)9-11-21;/h7-12,15,18H,3-6,13-14,16-17H2,1-2H3,(H2,24,25,27);1H. The topological polar surface area (TPSA) is 77.0 Å². The number of pyridine rings is 1. The summed E-state index contributed by atoms with van der Waals surface area (Å²) in [5, 5.41) is 6.62. The lowest BCUT2D eigenvalue weighted by Gasteiger charge is -2.11. The Morgan fingerprint density at radius 2 is 1.87 bits per heavy atom. The van der Waals surface area contributed by atoms with Gasteiger partial charge in [-0.05, 0) is 61.9 Å². The maximum absolute atomic E-state index is 5.76. The van der Waals surface area contributed by atoms with Crippen LogP contribution in [0.1, 0.15) is 31.7 Å². The summed E-state index contributed by atoms with van der Waals surface area (Å²) in [4.78, 5) is 9.01. The van der Waals surface area contributed by atoms with Gasteiger partial charge in [-0.3, -0.25) is 0 Å². The van der Waals surface area contributed by atoms with E-state index in [9.17, 15) is 0 Å². The lowest BCUT2D eigenvalue weighted by Crippen LogP contribution is -2.38. The van der Waals surface area contributed by atoms with Crippen molar-refractivity contribution in [1.29, 1.82) is 0 Å². The molecule has 0 spiro atoms. The number of hydrogen-bond donors (Lipinski definition) is 2. The molecule has 0 amide bonds. The van der Waals surface area contributed by atoms with Crippen LogP contribution in [0.25, 0.3) is 0 Å². The molecule has 3 rings (SSSR count). The van der Waals surface area contributed by atoms with Gasteiger partial charge in [0.15, 0.2) is 5.96 Å². The summed E-state index contributed by atoms with van der Waals surface area (Å²) in [5.74, 6) is 3.68. The van der Waals surface area contributed by atoms with Gasteiger partial charge in [-0.25, -0.2) is 9.98 Å². The summed E-state index contributed by atoms with van der Waals surface area (Å²) < 4.78 is 16.6. The van der Waals surface area contributed by atoms with Crippen molar-refractivity contribution in [3.8, 4) is 17.4 Å². The number of methoxy groups -OCH3 is 1. The van der Waals surface area contributed by atoms with E-state index in [1.54, 1.807) is 13.3 Å². The van der Waals surface area contributed by atoms with E-state index < -0.39 is 0 Å². The number of rotatable bonds is 12. The lowest BCUT2D eigenvalue weighted by molar-refractivity contribution is 0.123. The summed E-state index contributed by atoms with van der Waals surface area (Å²) in [6.45, 7) is 5.97. The predicted molar refractivity (Wildman–Crippen MR) is 134 cm³/mol. The molecule has 0 unspecified atom stereocenters. The summed E-state index contributed by atoms with van der Waals surface area (Å²) in [5.41, 5.74) is 1.02. The Kier molecular flexibility index (Phi) is 11.4. The maximum Gasteiger partial charge on any atom is 0.219 e.